The Morgan fingerprint density at radius 1 is 0.939 bits per heavy atom. The summed E-state index contributed by atoms with van der Waals surface area (Å²) >= 11 is 1.37. The number of hydrogen-bond donors (Lipinski definition) is 0. The molecule has 2 aliphatic rings. The molecule has 2 fully saturated rings. The van der Waals surface area contributed by atoms with Crippen LogP contribution in [0.25, 0.3) is 0 Å². The predicted octanol–water partition coefficient (Wildman–Crippen LogP) is 4.74. The van der Waals surface area contributed by atoms with Crippen molar-refractivity contribution in [3.05, 3.63) is 77.0 Å². The van der Waals surface area contributed by atoms with Gasteiger partial charge in [-0.05, 0) is 60.5 Å². The molecule has 1 spiro atoms. The van der Waals surface area contributed by atoms with Crippen LogP contribution in [0, 0.1) is 5.41 Å². The largest absolute Gasteiger partial charge is 0.457 e. The number of likely N-dealkylation sites (tertiary alicyclic amines) is 1. The number of nitrogens with zero attached hydrogens (tertiary/aromatic N) is 2. The van der Waals surface area contributed by atoms with Gasteiger partial charge in [0.1, 0.15) is 11.5 Å². The molecule has 0 N–H and O–H groups in total. The lowest BCUT2D eigenvalue weighted by atomic mass is 9.79. The number of sulfonamides is 1. The number of amides is 1. The lowest BCUT2D eigenvalue weighted by Crippen LogP contribution is -2.49. The lowest BCUT2D eigenvalue weighted by Gasteiger charge is -2.38. The summed E-state index contributed by atoms with van der Waals surface area (Å²) < 4.78 is 33.4. The van der Waals surface area contributed by atoms with E-state index in [2.05, 4.69) is 0 Å². The van der Waals surface area contributed by atoms with E-state index in [1.165, 1.54) is 15.6 Å². The molecule has 1 unspecified atom stereocenters. The van der Waals surface area contributed by atoms with E-state index in [0.717, 1.165) is 23.5 Å². The number of carbonyl (C=O) groups excluding carboxylic acids is 1. The highest BCUT2D eigenvalue weighted by Crippen LogP contribution is 2.42. The first-order chi connectivity index (χ1) is 16.0. The molecule has 0 bridgehead atoms. The number of carbonyl (C=O) groups is 1. The Balaban J connectivity index is 1.25. The van der Waals surface area contributed by atoms with Crippen molar-refractivity contribution in [1.82, 2.24) is 9.21 Å². The van der Waals surface area contributed by atoms with Gasteiger partial charge in [0.05, 0.1) is 10.3 Å². The van der Waals surface area contributed by atoms with Gasteiger partial charge in [-0.1, -0.05) is 30.3 Å². The van der Waals surface area contributed by atoms with Crippen molar-refractivity contribution in [1.29, 1.82) is 0 Å². The Kier molecular flexibility index (Phi) is 5.99. The van der Waals surface area contributed by atoms with Gasteiger partial charge in [0.15, 0.2) is 0 Å². The summed E-state index contributed by atoms with van der Waals surface area (Å²) in [7, 11) is -3.55. The SMILES string of the molecule is O=C1N(Cc2ccc(Oc3ccccc3)cc2)CCC12CCCN(S(=O)(=O)c1ccsc1)C2. The average Bonchev–Trinajstić information content (AvgIpc) is 3.47. The van der Waals surface area contributed by atoms with Gasteiger partial charge >= 0.3 is 0 Å². The van der Waals surface area contributed by atoms with Crippen molar-refractivity contribution in [2.24, 2.45) is 5.41 Å². The molecular formula is C25H26N2O4S2. The van der Waals surface area contributed by atoms with Crippen LogP contribution >= 0.6 is 11.3 Å². The van der Waals surface area contributed by atoms with E-state index >= 15 is 0 Å². The number of rotatable bonds is 6. The molecule has 3 aromatic rings. The van der Waals surface area contributed by atoms with Gasteiger partial charge in [0, 0.05) is 31.6 Å². The van der Waals surface area contributed by atoms with Crippen LogP contribution < -0.4 is 4.74 Å². The number of hydrogen-bond acceptors (Lipinski definition) is 5. The molecule has 1 atom stereocenters. The molecule has 2 saturated heterocycles. The smallest absolute Gasteiger partial charge is 0.243 e. The molecule has 2 aliphatic heterocycles. The molecule has 8 heteroatoms. The van der Waals surface area contributed by atoms with Crippen molar-refractivity contribution in [3.63, 3.8) is 0 Å². The first kappa shape index (κ1) is 22.1. The van der Waals surface area contributed by atoms with E-state index < -0.39 is 15.4 Å². The zero-order valence-corrected chi connectivity index (χ0v) is 19.9. The van der Waals surface area contributed by atoms with Crippen LogP contribution in [0.15, 0.2) is 76.3 Å². The molecule has 0 radical (unpaired) electrons. The summed E-state index contributed by atoms with van der Waals surface area (Å²) in [6.07, 6.45) is 2.13. The monoisotopic (exact) mass is 482 g/mol. The van der Waals surface area contributed by atoms with Crippen molar-refractivity contribution in [3.8, 4) is 11.5 Å². The lowest BCUT2D eigenvalue weighted by molar-refractivity contribution is -0.138. The normalized spacial score (nSPS) is 21.6. The summed E-state index contributed by atoms with van der Waals surface area (Å²) in [6.45, 7) is 1.90. The topological polar surface area (TPSA) is 66.9 Å². The molecule has 0 aliphatic carbocycles. The van der Waals surface area contributed by atoms with Gasteiger partial charge in [-0.3, -0.25) is 4.79 Å². The van der Waals surface area contributed by atoms with Crippen LogP contribution in [0.2, 0.25) is 0 Å². The first-order valence-corrected chi connectivity index (χ1v) is 13.5. The standard InChI is InChI=1S/C25H26N2O4S2/c28-24-25(12-4-14-27(19-25)33(29,30)23-11-16-32-18-23)13-15-26(24)17-20-7-9-22(10-8-20)31-21-5-2-1-3-6-21/h1-3,5-11,16,18H,4,12-15,17,19H2. The molecule has 0 saturated carbocycles. The van der Waals surface area contributed by atoms with Gasteiger partial charge in [-0.2, -0.15) is 15.6 Å². The molecule has 172 valence electrons. The fourth-order valence-corrected chi connectivity index (χ4v) is 7.35. The zero-order chi connectivity index (χ0) is 22.9. The molecule has 2 aromatic carbocycles. The second kappa shape index (κ2) is 8.93. The van der Waals surface area contributed by atoms with Gasteiger partial charge in [0.2, 0.25) is 15.9 Å². The number of thiophene rings is 1. The van der Waals surface area contributed by atoms with Crippen molar-refractivity contribution < 1.29 is 17.9 Å². The van der Waals surface area contributed by atoms with Crippen LogP contribution in [0.4, 0.5) is 0 Å². The Labute approximate surface area is 198 Å². The Hall–Kier alpha value is -2.68. The number of benzene rings is 2. The molecule has 3 heterocycles. The Morgan fingerprint density at radius 2 is 1.70 bits per heavy atom. The summed E-state index contributed by atoms with van der Waals surface area (Å²) in [5, 5.41) is 3.43. The quantitative estimate of drug-likeness (QED) is 0.509. The van der Waals surface area contributed by atoms with E-state index in [1.54, 1.807) is 16.8 Å². The van der Waals surface area contributed by atoms with Crippen LogP contribution in [0.1, 0.15) is 24.8 Å². The second-order valence-corrected chi connectivity index (χ2v) is 11.4. The third-order valence-electron chi connectivity index (χ3n) is 6.55. The summed E-state index contributed by atoms with van der Waals surface area (Å²) in [5.74, 6) is 1.59. The fraction of sp³-hybridized carbons (Fsp3) is 0.320. The fourth-order valence-electron chi connectivity index (χ4n) is 4.77. The zero-order valence-electron chi connectivity index (χ0n) is 18.2. The van der Waals surface area contributed by atoms with Crippen LogP contribution in [-0.4, -0.2) is 43.2 Å². The van der Waals surface area contributed by atoms with Crippen molar-refractivity contribution >= 4 is 27.3 Å². The summed E-state index contributed by atoms with van der Waals surface area (Å²) in [4.78, 5) is 15.6. The van der Waals surface area contributed by atoms with Crippen molar-refractivity contribution in [2.75, 3.05) is 19.6 Å². The summed E-state index contributed by atoms with van der Waals surface area (Å²) in [5.41, 5.74) is 0.414. The molecule has 6 nitrogen and oxygen atoms in total. The summed E-state index contributed by atoms with van der Waals surface area (Å²) in [6, 6.07) is 19.0. The van der Waals surface area contributed by atoms with Gasteiger partial charge in [0.25, 0.3) is 0 Å². The van der Waals surface area contributed by atoms with E-state index in [1.807, 2.05) is 59.5 Å². The second-order valence-electron chi connectivity index (χ2n) is 8.72. The molecular weight excluding hydrogens is 456 g/mol. The number of piperidine rings is 1. The molecule has 5 rings (SSSR count). The van der Waals surface area contributed by atoms with Crippen LogP contribution in [0.3, 0.4) is 0 Å². The Bertz CT molecular complexity index is 1210. The molecule has 33 heavy (non-hydrogen) atoms. The Morgan fingerprint density at radius 3 is 2.42 bits per heavy atom. The van der Waals surface area contributed by atoms with Crippen LogP contribution in [0.5, 0.6) is 11.5 Å². The van der Waals surface area contributed by atoms with Gasteiger partial charge in [-0.15, -0.1) is 0 Å². The maximum absolute atomic E-state index is 13.4. The highest BCUT2D eigenvalue weighted by molar-refractivity contribution is 7.89. The van der Waals surface area contributed by atoms with E-state index in [0.29, 0.717) is 37.4 Å². The predicted molar refractivity (Wildman–Crippen MR) is 128 cm³/mol. The van der Waals surface area contributed by atoms with Crippen LogP contribution in [-0.2, 0) is 21.4 Å². The van der Waals surface area contributed by atoms with E-state index in [-0.39, 0.29) is 12.5 Å². The van der Waals surface area contributed by atoms with Gasteiger partial charge in [-0.25, -0.2) is 8.42 Å². The molecule has 1 aromatic heterocycles. The average molecular weight is 483 g/mol. The highest BCUT2D eigenvalue weighted by Gasteiger charge is 2.50. The minimum absolute atomic E-state index is 0.0670. The maximum atomic E-state index is 13.4. The van der Waals surface area contributed by atoms with Crippen molar-refractivity contribution in [2.45, 2.75) is 30.7 Å². The number of ether oxygens (including phenoxy) is 1. The third kappa shape index (κ3) is 4.43. The van der Waals surface area contributed by atoms with E-state index in [4.69, 9.17) is 4.74 Å². The number of para-hydroxylation sites is 1. The van der Waals surface area contributed by atoms with Gasteiger partial charge < -0.3 is 9.64 Å². The minimum atomic E-state index is -3.55. The maximum Gasteiger partial charge on any atom is 0.243 e. The molecule has 1 amide bonds. The highest BCUT2D eigenvalue weighted by atomic mass is 32.2. The first-order valence-electron chi connectivity index (χ1n) is 11.1. The van der Waals surface area contributed by atoms with E-state index in [9.17, 15) is 13.2 Å². The third-order valence-corrected chi connectivity index (χ3v) is 9.23. The minimum Gasteiger partial charge on any atom is -0.457 e.